The summed E-state index contributed by atoms with van der Waals surface area (Å²) in [6.07, 6.45) is 5.29. The lowest BCUT2D eigenvalue weighted by atomic mass is 9.89. The number of hydrogen-bond acceptors (Lipinski definition) is 2. The van der Waals surface area contributed by atoms with Crippen LogP contribution in [-0.2, 0) is 4.43 Å². The molecule has 0 fully saturated rings. The van der Waals surface area contributed by atoms with Crippen LogP contribution in [0.25, 0.3) is 6.08 Å². The Morgan fingerprint density at radius 1 is 1.08 bits per heavy atom. The van der Waals surface area contributed by atoms with E-state index in [-0.39, 0.29) is 17.9 Å². The van der Waals surface area contributed by atoms with E-state index in [9.17, 15) is 5.11 Å². The molecule has 3 heteroatoms. The van der Waals surface area contributed by atoms with Gasteiger partial charge in [0, 0.05) is 5.92 Å². The Balaban J connectivity index is 2.93. The van der Waals surface area contributed by atoms with E-state index in [0.29, 0.717) is 0 Å². The molecule has 0 heterocycles. The molecule has 0 radical (unpaired) electrons. The summed E-state index contributed by atoms with van der Waals surface area (Å²) < 4.78 is 6.75. The smallest absolute Gasteiger partial charge is 0.192 e. The van der Waals surface area contributed by atoms with E-state index in [4.69, 9.17) is 4.43 Å². The zero-order valence-corrected chi connectivity index (χ0v) is 17.6. The second kappa shape index (κ2) is 10.7. The van der Waals surface area contributed by atoms with Gasteiger partial charge in [0.2, 0.25) is 0 Å². The lowest BCUT2D eigenvalue weighted by molar-refractivity contribution is 0.0338. The van der Waals surface area contributed by atoms with Crippen LogP contribution in [0.1, 0.15) is 40.2 Å². The first-order valence-electron chi connectivity index (χ1n) is 9.64. The van der Waals surface area contributed by atoms with E-state index in [2.05, 4.69) is 41.2 Å². The molecule has 4 atom stereocenters. The number of hydrogen-bond donors (Lipinski definition) is 1. The van der Waals surface area contributed by atoms with Gasteiger partial charge < -0.3 is 9.53 Å². The second-order valence-electron chi connectivity index (χ2n) is 7.04. The van der Waals surface area contributed by atoms with Crippen molar-refractivity contribution in [2.75, 3.05) is 0 Å². The number of benzene rings is 1. The number of aliphatic hydroxyl groups excluding tert-OH is 1. The molecule has 1 aromatic carbocycles. The van der Waals surface area contributed by atoms with E-state index in [1.165, 1.54) is 0 Å². The van der Waals surface area contributed by atoms with Crippen molar-refractivity contribution in [1.82, 2.24) is 0 Å². The van der Waals surface area contributed by atoms with E-state index < -0.39 is 14.4 Å². The highest BCUT2D eigenvalue weighted by Crippen LogP contribution is 2.31. The lowest BCUT2D eigenvalue weighted by Crippen LogP contribution is -2.46. The molecule has 25 heavy (non-hydrogen) atoms. The molecule has 0 aliphatic heterocycles. The third kappa shape index (κ3) is 6.25. The summed E-state index contributed by atoms with van der Waals surface area (Å²) in [6.45, 7) is 14.9. The van der Waals surface area contributed by atoms with Crippen LogP contribution >= 0.6 is 0 Å². The summed E-state index contributed by atoms with van der Waals surface area (Å²) in [5.41, 5.74) is 1.10. The molecular weight excluding hydrogens is 324 g/mol. The largest absolute Gasteiger partial charge is 0.413 e. The highest BCUT2D eigenvalue weighted by atomic mass is 28.4. The summed E-state index contributed by atoms with van der Waals surface area (Å²) in [6, 6.07) is 13.4. The van der Waals surface area contributed by atoms with Crippen molar-refractivity contribution in [3.05, 3.63) is 54.6 Å². The van der Waals surface area contributed by atoms with Crippen LogP contribution in [-0.4, -0.2) is 25.6 Å². The second-order valence-corrected chi connectivity index (χ2v) is 11.8. The molecule has 0 saturated heterocycles. The summed E-state index contributed by atoms with van der Waals surface area (Å²) in [5.74, 6) is 0.232. The maximum Gasteiger partial charge on any atom is 0.192 e. The van der Waals surface area contributed by atoms with Gasteiger partial charge in [0.25, 0.3) is 0 Å². The predicted molar refractivity (Wildman–Crippen MR) is 112 cm³/mol. The van der Waals surface area contributed by atoms with Crippen molar-refractivity contribution in [1.29, 1.82) is 0 Å². The third-order valence-corrected chi connectivity index (χ3v) is 10.2. The van der Waals surface area contributed by atoms with Crippen molar-refractivity contribution >= 4 is 14.4 Å². The van der Waals surface area contributed by atoms with Gasteiger partial charge in [0.05, 0.1) is 12.2 Å². The molecule has 0 amide bonds. The summed E-state index contributed by atoms with van der Waals surface area (Å²) in [7, 11) is -1.74. The van der Waals surface area contributed by atoms with Gasteiger partial charge in [-0.05, 0) is 29.6 Å². The molecule has 2 nitrogen and oxygen atoms in total. The normalized spacial score (nSPS) is 17.2. The first kappa shape index (κ1) is 21.9. The van der Waals surface area contributed by atoms with Crippen molar-refractivity contribution in [2.45, 2.75) is 65.0 Å². The highest BCUT2D eigenvalue weighted by molar-refractivity contribution is 6.73. The van der Waals surface area contributed by atoms with E-state index in [0.717, 1.165) is 23.7 Å². The molecule has 1 N–H and O–H groups in total. The number of aliphatic hydroxyl groups is 1. The topological polar surface area (TPSA) is 29.5 Å². The van der Waals surface area contributed by atoms with E-state index in [1.807, 2.05) is 48.6 Å². The SMILES string of the molecule is C=C[C@H](C)[C@H](O[Si](CC)(CC)CC)[C@H](C)[C@@H](O)/C=C/c1ccccc1. The first-order valence-corrected chi connectivity index (χ1v) is 12.2. The molecule has 1 rings (SSSR count). The molecule has 0 aliphatic carbocycles. The van der Waals surface area contributed by atoms with Crippen LogP contribution in [0.5, 0.6) is 0 Å². The Kier molecular flexibility index (Phi) is 9.40. The molecular formula is C22H36O2Si. The molecule has 0 aliphatic rings. The minimum Gasteiger partial charge on any atom is -0.413 e. The minimum absolute atomic E-state index is 0.000518. The van der Waals surface area contributed by atoms with Gasteiger partial charge in [-0.1, -0.05) is 83.2 Å². The Morgan fingerprint density at radius 2 is 1.64 bits per heavy atom. The Labute approximate surface area is 155 Å². The molecule has 0 spiro atoms. The van der Waals surface area contributed by atoms with Crippen molar-refractivity contribution in [3.8, 4) is 0 Å². The van der Waals surface area contributed by atoms with Crippen LogP contribution in [0.3, 0.4) is 0 Å². The average Bonchev–Trinajstić information content (AvgIpc) is 2.67. The van der Waals surface area contributed by atoms with Crippen molar-refractivity contribution in [2.24, 2.45) is 11.8 Å². The molecule has 1 aromatic rings. The fourth-order valence-electron chi connectivity index (χ4n) is 3.26. The Hall–Kier alpha value is -1.16. The van der Waals surface area contributed by atoms with Crippen molar-refractivity contribution < 1.29 is 9.53 Å². The van der Waals surface area contributed by atoms with Crippen LogP contribution in [0.15, 0.2) is 49.1 Å². The fraction of sp³-hybridized carbons (Fsp3) is 0.545. The Morgan fingerprint density at radius 3 is 2.12 bits per heavy atom. The molecule has 0 bridgehead atoms. The zero-order chi connectivity index (χ0) is 18.9. The van der Waals surface area contributed by atoms with Gasteiger partial charge in [0.1, 0.15) is 0 Å². The van der Waals surface area contributed by atoms with Crippen LogP contribution in [0.4, 0.5) is 0 Å². The first-order chi connectivity index (χ1) is 11.9. The molecule has 0 saturated carbocycles. The lowest BCUT2D eigenvalue weighted by Gasteiger charge is -2.39. The van der Waals surface area contributed by atoms with Crippen LogP contribution < -0.4 is 0 Å². The minimum atomic E-state index is -1.74. The number of rotatable bonds is 11. The summed E-state index contributed by atoms with van der Waals surface area (Å²) >= 11 is 0. The molecule has 140 valence electrons. The standard InChI is InChI=1S/C22H36O2Si/c1-7-18(5)22(24-25(8-2,9-3)10-4)19(6)21(23)17-16-20-14-12-11-13-15-20/h7,11-19,21-23H,1,8-10H2,2-6H3/b17-16+/t18-,19+,21-,22-/m0/s1. The van der Waals surface area contributed by atoms with Gasteiger partial charge in [-0.25, -0.2) is 0 Å². The maximum atomic E-state index is 10.7. The van der Waals surface area contributed by atoms with Crippen molar-refractivity contribution in [3.63, 3.8) is 0 Å². The Bertz CT molecular complexity index is 514. The third-order valence-electron chi connectivity index (χ3n) is 5.55. The van der Waals surface area contributed by atoms with Crippen LogP contribution in [0.2, 0.25) is 18.1 Å². The maximum absolute atomic E-state index is 10.7. The van der Waals surface area contributed by atoms with E-state index >= 15 is 0 Å². The predicted octanol–water partition coefficient (Wildman–Crippen LogP) is 5.91. The fourth-order valence-corrected chi connectivity index (χ4v) is 6.27. The quantitative estimate of drug-likeness (QED) is 0.393. The highest BCUT2D eigenvalue weighted by Gasteiger charge is 2.37. The van der Waals surface area contributed by atoms with E-state index in [1.54, 1.807) is 0 Å². The summed E-state index contributed by atoms with van der Waals surface area (Å²) in [5, 5.41) is 10.7. The monoisotopic (exact) mass is 360 g/mol. The van der Waals surface area contributed by atoms with Gasteiger partial charge >= 0.3 is 0 Å². The van der Waals surface area contributed by atoms with Gasteiger partial charge in [-0.2, -0.15) is 0 Å². The van der Waals surface area contributed by atoms with Gasteiger partial charge in [0.15, 0.2) is 8.32 Å². The van der Waals surface area contributed by atoms with Crippen LogP contribution in [0, 0.1) is 11.8 Å². The average molecular weight is 361 g/mol. The molecule has 0 unspecified atom stereocenters. The summed E-state index contributed by atoms with van der Waals surface area (Å²) in [4.78, 5) is 0. The zero-order valence-electron chi connectivity index (χ0n) is 16.6. The van der Waals surface area contributed by atoms with Gasteiger partial charge in [-0.15, -0.1) is 6.58 Å². The van der Waals surface area contributed by atoms with Gasteiger partial charge in [-0.3, -0.25) is 0 Å². The molecule has 0 aromatic heterocycles.